The van der Waals surface area contributed by atoms with Crippen molar-refractivity contribution < 1.29 is 13.2 Å². The van der Waals surface area contributed by atoms with Crippen LogP contribution in [0.1, 0.15) is 18.4 Å². The highest BCUT2D eigenvalue weighted by Gasteiger charge is 2.26. The van der Waals surface area contributed by atoms with Crippen LogP contribution < -0.4 is 5.32 Å². The third-order valence-electron chi connectivity index (χ3n) is 5.53. The number of benzene rings is 1. The van der Waals surface area contributed by atoms with E-state index in [2.05, 4.69) is 39.5 Å². The van der Waals surface area contributed by atoms with E-state index in [1.165, 1.54) is 16.1 Å². The van der Waals surface area contributed by atoms with Gasteiger partial charge in [0.2, 0.25) is 10.0 Å². The molecule has 3 heterocycles. The monoisotopic (exact) mass is 416 g/mol. The lowest BCUT2D eigenvalue weighted by atomic mass is 10.0. The van der Waals surface area contributed by atoms with Gasteiger partial charge in [0.15, 0.2) is 0 Å². The van der Waals surface area contributed by atoms with Crippen LogP contribution in [0.15, 0.2) is 53.6 Å². The van der Waals surface area contributed by atoms with E-state index in [1.807, 2.05) is 6.07 Å². The van der Waals surface area contributed by atoms with Gasteiger partial charge in [-0.3, -0.25) is 4.90 Å². The maximum atomic E-state index is 12.7. The highest BCUT2D eigenvalue weighted by Crippen LogP contribution is 2.20. The van der Waals surface area contributed by atoms with Gasteiger partial charge in [0.05, 0.1) is 13.2 Å². The van der Waals surface area contributed by atoms with Gasteiger partial charge in [-0.25, -0.2) is 13.4 Å². The number of sulfonamides is 1. The molecular weight excluding hydrogens is 388 g/mol. The minimum absolute atomic E-state index is 0.239. The topological polar surface area (TPSA) is 74.8 Å². The van der Waals surface area contributed by atoms with Gasteiger partial charge in [-0.1, -0.05) is 30.3 Å². The molecule has 1 aromatic carbocycles. The standard InChI is InChI=1S/C21H28N4O3S/c26-29(27,25-12-14-28-15-13-25)20-6-7-21(22-16-20)23-19-8-10-24(11-9-19)17-18-4-2-1-3-5-18/h1-7,16,19H,8-15,17H2,(H,22,23). The molecule has 0 unspecified atom stereocenters. The van der Waals surface area contributed by atoms with Crippen molar-refractivity contribution >= 4 is 15.8 Å². The van der Waals surface area contributed by atoms with E-state index in [9.17, 15) is 8.42 Å². The van der Waals surface area contributed by atoms with Crippen LogP contribution >= 0.6 is 0 Å². The van der Waals surface area contributed by atoms with E-state index in [1.54, 1.807) is 12.1 Å². The summed E-state index contributed by atoms with van der Waals surface area (Å²) in [5.74, 6) is 0.729. The summed E-state index contributed by atoms with van der Waals surface area (Å²) in [6.45, 7) is 4.73. The molecule has 2 aliphatic heterocycles. The fourth-order valence-corrected chi connectivity index (χ4v) is 5.19. The molecule has 0 aliphatic carbocycles. The number of likely N-dealkylation sites (tertiary alicyclic amines) is 1. The Bertz CT molecular complexity index is 876. The van der Waals surface area contributed by atoms with Gasteiger partial charge in [0.1, 0.15) is 10.7 Å². The second-order valence-corrected chi connectivity index (χ2v) is 9.51. The molecule has 0 amide bonds. The first-order chi connectivity index (χ1) is 14.1. The van der Waals surface area contributed by atoms with Gasteiger partial charge in [-0.2, -0.15) is 4.31 Å². The molecule has 0 spiro atoms. The minimum Gasteiger partial charge on any atom is -0.379 e. The Hall–Kier alpha value is -2.00. The second kappa shape index (κ2) is 9.21. The second-order valence-electron chi connectivity index (χ2n) is 7.58. The van der Waals surface area contributed by atoms with Crippen LogP contribution in [0.4, 0.5) is 5.82 Å². The number of rotatable bonds is 6. The van der Waals surface area contributed by atoms with Crippen LogP contribution in [0.3, 0.4) is 0 Å². The summed E-state index contributed by atoms with van der Waals surface area (Å²) in [5.41, 5.74) is 1.35. The van der Waals surface area contributed by atoms with Crippen molar-refractivity contribution in [1.29, 1.82) is 0 Å². The van der Waals surface area contributed by atoms with Gasteiger partial charge < -0.3 is 10.1 Å². The summed E-state index contributed by atoms with van der Waals surface area (Å²) >= 11 is 0. The maximum absolute atomic E-state index is 12.7. The van der Waals surface area contributed by atoms with Gasteiger partial charge in [0.25, 0.3) is 0 Å². The Kier molecular flexibility index (Phi) is 6.44. The average Bonchev–Trinajstić information content (AvgIpc) is 2.77. The predicted molar refractivity (Wildman–Crippen MR) is 112 cm³/mol. The average molecular weight is 417 g/mol. The normalized spacial score (nSPS) is 19.9. The van der Waals surface area contributed by atoms with Crippen molar-refractivity contribution in [3.8, 4) is 0 Å². The van der Waals surface area contributed by atoms with E-state index in [0.29, 0.717) is 32.3 Å². The molecule has 2 aromatic rings. The number of anilines is 1. The van der Waals surface area contributed by atoms with Crippen molar-refractivity contribution in [2.24, 2.45) is 0 Å². The fourth-order valence-electron chi connectivity index (χ4n) is 3.84. The zero-order valence-electron chi connectivity index (χ0n) is 16.5. The molecule has 2 saturated heterocycles. The van der Waals surface area contributed by atoms with Crippen LogP contribution in [0, 0.1) is 0 Å². The molecule has 29 heavy (non-hydrogen) atoms. The zero-order valence-corrected chi connectivity index (χ0v) is 17.4. The van der Waals surface area contributed by atoms with Gasteiger partial charge in [0, 0.05) is 45.0 Å². The molecule has 4 rings (SSSR count). The third kappa shape index (κ3) is 5.14. The van der Waals surface area contributed by atoms with Gasteiger partial charge >= 0.3 is 0 Å². The lowest BCUT2D eigenvalue weighted by Crippen LogP contribution is -2.40. The fraction of sp³-hybridized carbons (Fsp3) is 0.476. The highest BCUT2D eigenvalue weighted by atomic mass is 32.2. The summed E-state index contributed by atoms with van der Waals surface area (Å²) in [4.78, 5) is 7.07. The summed E-state index contributed by atoms with van der Waals surface area (Å²) in [5, 5.41) is 3.46. The first kappa shape index (κ1) is 20.3. The number of piperidine rings is 1. The molecule has 1 aromatic heterocycles. The molecule has 7 nitrogen and oxygen atoms in total. The quantitative estimate of drug-likeness (QED) is 0.778. The molecule has 0 atom stereocenters. The van der Waals surface area contributed by atoms with E-state index in [4.69, 9.17) is 4.74 Å². The predicted octanol–water partition coefficient (Wildman–Crippen LogP) is 2.18. The zero-order chi connectivity index (χ0) is 20.1. The number of aromatic nitrogens is 1. The largest absolute Gasteiger partial charge is 0.379 e. The van der Waals surface area contributed by atoms with Crippen molar-refractivity contribution in [3.05, 3.63) is 54.2 Å². The summed E-state index contributed by atoms with van der Waals surface area (Å²) < 4.78 is 32.1. The molecule has 2 aliphatic rings. The highest BCUT2D eigenvalue weighted by molar-refractivity contribution is 7.89. The number of morpholine rings is 1. The van der Waals surface area contributed by atoms with E-state index in [-0.39, 0.29) is 4.90 Å². The Morgan fingerprint density at radius 3 is 2.38 bits per heavy atom. The van der Waals surface area contributed by atoms with Crippen LogP contribution in [0.25, 0.3) is 0 Å². The Balaban J connectivity index is 1.29. The molecule has 1 N–H and O–H groups in total. The molecule has 156 valence electrons. The maximum Gasteiger partial charge on any atom is 0.244 e. The SMILES string of the molecule is O=S(=O)(c1ccc(NC2CCN(Cc3ccccc3)CC2)nc1)N1CCOCC1. The Morgan fingerprint density at radius 2 is 1.72 bits per heavy atom. The van der Waals surface area contributed by atoms with Crippen LogP contribution in [-0.4, -0.2) is 68.0 Å². The first-order valence-electron chi connectivity index (χ1n) is 10.2. The molecule has 8 heteroatoms. The summed E-state index contributed by atoms with van der Waals surface area (Å²) in [6, 6.07) is 14.3. The van der Waals surface area contributed by atoms with Crippen molar-refractivity contribution in [3.63, 3.8) is 0 Å². The number of hydrogen-bond acceptors (Lipinski definition) is 6. The van der Waals surface area contributed by atoms with Crippen molar-refractivity contribution in [2.45, 2.75) is 30.3 Å². The molecule has 0 saturated carbocycles. The number of nitrogens with one attached hydrogen (secondary N) is 1. The Labute approximate surface area is 172 Å². The first-order valence-corrected chi connectivity index (χ1v) is 11.6. The summed E-state index contributed by atoms with van der Waals surface area (Å²) in [7, 11) is -3.49. The van der Waals surface area contributed by atoms with Crippen molar-refractivity contribution in [2.75, 3.05) is 44.7 Å². The van der Waals surface area contributed by atoms with Crippen LogP contribution in [0.5, 0.6) is 0 Å². The van der Waals surface area contributed by atoms with Gasteiger partial charge in [-0.05, 0) is 30.5 Å². The molecule has 0 bridgehead atoms. The summed E-state index contributed by atoms with van der Waals surface area (Å²) in [6.07, 6.45) is 3.54. The van der Waals surface area contributed by atoms with Crippen LogP contribution in [-0.2, 0) is 21.3 Å². The molecule has 2 fully saturated rings. The van der Waals surface area contributed by atoms with Gasteiger partial charge in [-0.15, -0.1) is 0 Å². The number of hydrogen-bond donors (Lipinski definition) is 1. The minimum atomic E-state index is -3.49. The Morgan fingerprint density at radius 1 is 1.00 bits per heavy atom. The molecular formula is C21H28N4O3S. The van der Waals surface area contributed by atoms with E-state index in [0.717, 1.165) is 38.3 Å². The van der Waals surface area contributed by atoms with E-state index < -0.39 is 10.0 Å². The number of pyridine rings is 1. The number of ether oxygens (including phenoxy) is 1. The number of nitrogens with zero attached hydrogens (tertiary/aromatic N) is 3. The lowest BCUT2D eigenvalue weighted by Gasteiger charge is -2.32. The third-order valence-corrected chi connectivity index (χ3v) is 7.41. The lowest BCUT2D eigenvalue weighted by molar-refractivity contribution is 0.0730. The van der Waals surface area contributed by atoms with Crippen molar-refractivity contribution in [1.82, 2.24) is 14.2 Å². The van der Waals surface area contributed by atoms with E-state index >= 15 is 0 Å². The molecule has 0 radical (unpaired) electrons. The van der Waals surface area contributed by atoms with Crippen LogP contribution in [0.2, 0.25) is 0 Å². The smallest absolute Gasteiger partial charge is 0.244 e.